The summed E-state index contributed by atoms with van der Waals surface area (Å²) in [7, 11) is 4.67. The van der Waals surface area contributed by atoms with Gasteiger partial charge in [-0.25, -0.2) is 0 Å². The lowest BCUT2D eigenvalue weighted by Crippen LogP contribution is -2.45. The van der Waals surface area contributed by atoms with E-state index < -0.39 is 0 Å². The van der Waals surface area contributed by atoms with E-state index in [4.69, 9.17) is 4.65 Å². The zero-order valence-electron chi connectivity index (χ0n) is 12.2. The van der Waals surface area contributed by atoms with Crippen molar-refractivity contribution in [2.75, 3.05) is 0 Å². The van der Waals surface area contributed by atoms with Gasteiger partial charge in [0.25, 0.3) is 0 Å². The van der Waals surface area contributed by atoms with E-state index in [0.717, 1.165) is 22.1 Å². The number of H-pyrrole nitrogens is 1. The van der Waals surface area contributed by atoms with Crippen molar-refractivity contribution in [3.63, 3.8) is 0 Å². The zero-order chi connectivity index (χ0) is 14.3. The highest BCUT2D eigenvalue weighted by Gasteiger charge is 2.33. The molecule has 1 unspecified atom stereocenters. The third kappa shape index (κ3) is 3.01. The molecule has 19 heavy (non-hydrogen) atoms. The van der Waals surface area contributed by atoms with Crippen molar-refractivity contribution in [2.45, 2.75) is 45.4 Å². The van der Waals surface area contributed by atoms with Crippen LogP contribution in [0.4, 0.5) is 0 Å². The number of nitrogens with zero attached hydrogens (tertiary/aromatic N) is 1. The molecule has 0 saturated heterocycles. The van der Waals surface area contributed by atoms with E-state index in [1.165, 1.54) is 0 Å². The maximum absolute atomic E-state index is 5.97. The molecule has 1 radical (unpaired) electrons. The van der Waals surface area contributed by atoms with Gasteiger partial charge in [-0.3, -0.25) is 5.10 Å². The van der Waals surface area contributed by atoms with E-state index in [1.54, 1.807) is 0 Å². The van der Waals surface area contributed by atoms with Gasteiger partial charge in [0.05, 0.1) is 11.1 Å². The largest absolute Gasteiger partial charge is 0.429 e. The monoisotopic (exact) mass is 275 g/mol. The summed E-state index contributed by atoms with van der Waals surface area (Å²) < 4.78 is 5.97. The number of nitrogens with one attached hydrogen (secondary N) is 1. The fourth-order valence-corrected chi connectivity index (χ4v) is 1.66. The number of fused-ring (bicyclic) bond motifs is 1. The Kier molecular flexibility index (Phi) is 3.77. The quantitative estimate of drug-likeness (QED) is 0.688. The molecule has 0 spiro atoms. The molecule has 5 heteroatoms. The summed E-state index contributed by atoms with van der Waals surface area (Å²) in [6.45, 7) is 10.5. The van der Waals surface area contributed by atoms with Crippen molar-refractivity contribution in [2.24, 2.45) is 0 Å². The number of aromatic amines is 1. The Morgan fingerprint density at radius 3 is 2.58 bits per heavy atom. The third-order valence-electron chi connectivity index (χ3n) is 3.81. The maximum Gasteiger partial charge on any atom is 0.330 e. The van der Waals surface area contributed by atoms with Gasteiger partial charge in [-0.05, 0) is 26.8 Å². The number of aryl methyl sites for hydroxylation is 1. The van der Waals surface area contributed by atoms with Gasteiger partial charge in [-0.1, -0.05) is 31.4 Å². The second kappa shape index (κ2) is 4.92. The lowest BCUT2D eigenvalue weighted by molar-refractivity contribution is 0.0841. The van der Waals surface area contributed by atoms with Gasteiger partial charge in [0.2, 0.25) is 0 Å². The first-order valence-electron chi connectivity index (χ1n) is 6.45. The first kappa shape index (κ1) is 14.6. The standard InChI is InChI=1S/C14H21BN2OP/c1-9-11-8-10(6-7-12(11)17-16-9)15-18-13(2,3)14(4,5)19/h6-8H,19H2,1-5H3,(H,16,17). The predicted octanol–water partition coefficient (Wildman–Crippen LogP) is 2.56. The fraction of sp³-hybridized carbons (Fsp3) is 0.500. The van der Waals surface area contributed by atoms with E-state index in [-0.39, 0.29) is 10.8 Å². The SMILES string of the molecule is Cc1[nH]nc2ccc([B]OC(C)(C)C(C)(C)P)cc12. The van der Waals surface area contributed by atoms with Crippen LogP contribution in [-0.2, 0) is 4.65 Å². The first-order chi connectivity index (χ1) is 8.71. The third-order valence-corrected chi connectivity index (χ3v) is 4.51. The number of benzene rings is 1. The summed E-state index contributed by atoms with van der Waals surface area (Å²) in [4.78, 5) is 0. The highest BCUT2D eigenvalue weighted by atomic mass is 31.0. The number of rotatable bonds is 4. The van der Waals surface area contributed by atoms with Gasteiger partial charge >= 0.3 is 7.48 Å². The Morgan fingerprint density at radius 2 is 1.95 bits per heavy atom. The zero-order valence-corrected chi connectivity index (χ0v) is 13.4. The van der Waals surface area contributed by atoms with Gasteiger partial charge in [0.15, 0.2) is 0 Å². The highest BCUT2D eigenvalue weighted by Crippen LogP contribution is 2.33. The minimum Gasteiger partial charge on any atom is -0.429 e. The Balaban J connectivity index is 2.16. The van der Waals surface area contributed by atoms with Crippen LogP contribution in [0.2, 0.25) is 0 Å². The van der Waals surface area contributed by atoms with Crippen molar-refractivity contribution >= 4 is 33.1 Å². The molecule has 0 saturated carbocycles. The number of aromatic nitrogens is 2. The molecule has 3 nitrogen and oxygen atoms in total. The van der Waals surface area contributed by atoms with E-state index in [0.29, 0.717) is 0 Å². The Labute approximate surface area is 118 Å². The molecule has 1 heterocycles. The lowest BCUT2D eigenvalue weighted by Gasteiger charge is -2.39. The number of hydrogen-bond acceptors (Lipinski definition) is 2. The molecule has 0 aliphatic heterocycles. The van der Waals surface area contributed by atoms with E-state index in [9.17, 15) is 0 Å². The van der Waals surface area contributed by atoms with Crippen molar-refractivity contribution in [1.29, 1.82) is 0 Å². The Hall–Kier alpha value is -0.855. The minimum absolute atomic E-state index is 0.000835. The molecule has 2 aromatic rings. The van der Waals surface area contributed by atoms with Crippen LogP contribution in [0.1, 0.15) is 33.4 Å². The number of hydrogen-bond donors (Lipinski definition) is 1. The normalized spacial score (nSPS) is 12.9. The van der Waals surface area contributed by atoms with E-state index >= 15 is 0 Å². The predicted molar refractivity (Wildman–Crippen MR) is 85.2 cm³/mol. The average Bonchev–Trinajstić information content (AvgIpc) is 2.67. The lowest BCUT2D eigenvalue weighted by atomic mass is 9.83. The summed E-state index contributed by atoms with van der Waals surface area (Å²) in [5, 5.41) is 8.36. The molecule has 1 aromatic carbocycles. The molecule has 0 aliphatic carbocycles. The summed E-state index contributed by atoms with van der Waals surface area (Å²) in [5.41, 5.74) is 2.87. The van der Waals surface area contributed by atoms with Gasteiger partial charge in [0.1, 0.15) is 0 Å². The summed E-state index contributed by atoms with van der Waals surface area (Å²) >= 11 is 0. The van der Waals surface area contributed by atoms with Crippen molar-refractivity contribution in [3.05, 3.63) is 23.9 Å². The molecule has 0 aliphatic rings. The molecular formula is C14H21BN2OP. The van der Waals surface area contributed by atoms with Crippen LogP contribution in [0.5, 0.6) is 0 Å². The van der Waals surface area contributed by atoms with Crippen LogP contribution < -0.4 is 5.46 Å². The highest BCUT2D eigenvalue weighted by molar-refractivity contribution is 7.19. The maximum atomic E-state index is 5.97. The molecule has 2 rings (SSSR count). The smallest absolute Gasteiger partial charge is 0.330 e. The van der Waals surface area contributed by atoms with Gasteiger partial charge in [-0.2, -0.15) is 5.10 Å². The van der Waals surface area contributed by atoms with Crippen molar-refractivity contribution in [1.82, 2.24) is 10.2 Å². The van der Waals surface area contributed by atoms with Gasteiger partial charge in [-0.15, -0.1) is 9.24 Å². The summed E-state index contributed by atoms with van der Waals surface area (Å²) in [5.74, 6) is 0. The van der Waals surface area contributed by atoms with Crippen LogP contribution in [0.25, 0.3) is 10.9 Å². The molecular weight excluding hydrogens is 254 g/mol. The average molecular weight is 275 g/mol. The Bertz CT molecular complexity index is 587. The van der Waals surface area contributed by atoms with E-state index in [2.05, 4.69) is 53.2 Å². The van der Waals surface area contributed by atoms with Gasteiger partial charge in [0, 0.05) is 16.2 Å². The first-order valence-corrected chi connectivity index (χ1v) is 7.03. The minimum atomic E-state index is -0.252. The fourth-order valence-electron chi connectivity index (χ4n) is 1.60. The van der Waals surface area contributed by atoms with Crippen LogP contribution in [0.3, 0.4) is 0 Å². The second-order valence-electron chi connectivity index (χ2n) is 6.09. The van der Waals surface area contributed by atoms with Crippen LogP contribution in [-0.4, -0.2) is 28.4 Å². The molecule has 0 amide bonds. The van der Waals surface area contributed by atoms with Gasteiger partial charge < -0.3 is 4.65 Å². The molecule has 0 bridgehead atoms. The van der Waals surface area contributed by atoms with E-state index in [1.807, 2.05) is 26.5 Å². The summed E-state index contributed by atoms with van der Waals surface area (Å²) in [6, 6.07) is 6.13. The van der Waals surface area contributed by atoms with Crippen molar-refractivity contribution < 1.29 is 4.65 Å². The van der Waals surface area contributed by atoms with Crippen LogP contribution >= 0.6 is 9.24 Å². The summed E-state index contributed by atoms with van der Waals surface area (Å²) in [6.07, 6.45) is 0. The molecule has 101 valence electrons. The topological polar surface area (TPSA) is 37.9 Å². The molecule has 1 atom stereocenters. The second-order valence-corrected chi connectivity index (χ2v) is 7.54. The van der Waals surface area contributed by atoms with Crippen LogP contribution in [0.15, 0.2) is 18.2 Å². The molecule has 1 aromatic heterocycles. The Morgan fingerprint density at radius 1 is 1.26 bits per heavy atom. The van der Waals surface area contributed by atoms with Crippen molar-refractivity contribution in [3.8, 4) is 0 Å². The van der Waals surface area contributed by atoms with Crippen LogP contribution in [0, 0.1) is 6.92 Å². The molecule has 0 fully saturated rings. The molecule has 1 N–H and O–H groups in total.